The number of hydrogen-bond acceptors (Lipinski definition) is 14. The summed E-state index contributed by atoms with van der Waals surface area (Å²) in [4.78, 5) is 49.6. The number of allylic oxidation sites excluding steroid dienone is 4. The average molecular weight is 1310 g/mol. The first-order valence-electron chi connectivity index (χ1n) is 34.3. The van der Waals surface area contributed by atoms with E-state index in [4.69, 9.17) is 18.9 Å². The van der Waals surface area contributed by atoms with E-state index in [-0.39, 0.29) is 60.0 Å². The van der Waals surface area contributed by atoms with E-state index in [0.29, 0.717) is 0 Å². The Labute approximate surface area is 569 Å². The molecule has 2 rings (SSSR count). The molecule has 2 aromatic rings. The molecule has 0 unspecified atom stereocenters. The molecule has 0 amide bonds. The third-order valence-corrected chi connectivity index (χ3v) is 17.1. The molecule has 0 aliphatic carbocycles. The zero-order valence-corrected chi connectivity index (χ0v) is 59.3. The Morgan fingerprint density at radius 3 is 0.674 bits per heavy atom. The maximum Gasteiger partial charge on any atom is 2.00 e. The SMILES string of the molecule is CCCCCCCCCCCC/C=C/OC(=O)c1ccc(S(=O)(=O)[O-])cc1C(=O)O/C=C/CCCCCCCCCCCC.CCCCCCCCCCCC/C=C/OC(=O)c1ccc(S(=O)(=O)[O-])cc1C(=O)O/C=C/CCCCCCCCCCCC.[Ca+2]. The molecule has 0 atom stereocenters. The maximum absolute atomic E-state index is 12.7. The third-order valence-electron chi connectivity index (χ3n) is 15.4. The molecule has 0 heterocycles. The minimum Gasteiger partial charge on any atom is -0.744 e. The van der Waals surface area contributed by atoms with Crippen LogP contribution in [0.15, 0.2) is 95.5 Å². The zero-order valence-electron chi connectivity index (χ0n) is 55.4. The van der Waals surface area contributed by atoms with Gasteiger partial charge in [0.15, 0.2) is 0 Å². The van der Waals surface area contributed by atoms with Gasteiger partial charge in [0.05, 0.1) is 57.1 Å². The standard InChI is InChI=1S/2C36H58O7S.Ca/c2*1-3-5-7-9-11-13-15-17-19-21-23-25-29-42-35(37)33-28-27-32(44(39,40)41)31-34(33)36(38)43-30-26-24-22-20-18-16-14-12-10-8-6-4-2;/h2*25-31H,3-24H2,1-2H3,(H,39,40,41);/q;;+2/p-2/b2*29-25+,30-26+;. The van der Waals surface area contributed by atoms with Crippen molar-refractivity contribution in [3.8, 4) is 0 Å². The molecule has 2 aromatic carbocycles. The Morgan fingerprint density at radius 1 is 0.303 bits per heavy atom. The first kappa shape index (κ1) is 85.4. The summed E-state index contributed by atoms with van der Waals surface area (Å²) in [5.41, 5.74) is -1.01. The number of unbranched alkanes of at least 4 members (excludes halogenated alkanes) is 40. The summed E-state index contributed by atoms with van der Waals surface area (Å²) < 4.78 is 89.9. The molecule has 0 bridgehead atoms. The Balaban J connectivity index is 0.00000172. The monoisotopic (exact) mass is 1310 g/mol. The van der Waals surface area contributed by atoms with Crippen LogP contribution in [0.4, 0.5) is 0 Å². The second-order valence-electron chi connectivity index (χ2n) is 23.3. The number of benzene rings is 2. The molecule has 500 valence electrons. The predicted molar refractivity (Wildman–Crippen MR) is 359 cm³/mol. The van der Waals surface area contributed by atoms with Gasteiger partial charge in [-0.05, 0) is 112 Å². The number of carbonyl (C=O) groups is 4. The first-order valence-corrected chi connectivity index (χ1v) is 37.1. The Hall–Kier alpha value is -3.64. The molecule has 0 spiro atoms. The van der Waals surface area contributed by atoms with Crippen LogP contribution in [0.3, 0.4) is 0 Å². The molecule has 0 saturated carbocycles. The van der Waals surface area contributed by atoms with Crippen molar-refractivity contribution in [3.63, 3.8) is 0 Å². The van der Waals surface area contributed by atoms with E-state index in [9.17, 15) is 45.1 Å². The van der Waals surface area contributed by atoms with Crippen molar-refractivity contribution in [2.75, 3.05) is 0 Å². The summed E-state index contributed by atoms with van der Waals surface area (Å²) in [6.45, 7) is 8.90. The topological polar surface area (TPSA) is 220 Å². The number of carbonyl (C=O) groups excluding carboxylic acids is 4. The van der Waals surface area contributed by atoms with Crippen LogP contribution in [-0.2, 0) is 39.2 Å². The third kappa shape index (κ3) is 47.0. The van der Waals surface area contributed by atoms with Crippen LogP contribution in [0.5, 0.6) is 0 Å². The van der Waals surface area contributed by atoms with Gasteiger partial charge in [-0.15, -0.1) is 0 Å². The first-order chi connectivity index (χ1) is 42.6. The molecule has 0 aliphatic rings. The van der Waals surface area contributed by atoms with Crippen molar-refractivity contribution in [2.45, 2.75) is 320 Å². The zero-order chi connectivity index (χ0) is 64.6. The number of rotatable bonds is 54. The van der Waals surface area contributed by atoms with Gasteiger partial charge >= 0.3 is 61.6 Å². The number of esters is 4. The van der Waals surface area contributed by atoms with Crippen molar-refractivity contribution in [1.82, 2.24) is 0 Å². The van der Waals surface area contributed by atoms with Crippen LogP contribution in [0, 0.1) is 0 Å². The molecule has 17 heteroatoms. The smallest absolute Gasteiger partial charge is 0.744 e. The van der Waals surface area contributed by atoms with Gasteiger partial charge in [-0.25, -0.2) is 36.0 Å². The van der Waals surface area contributed by atoms with Crippen LogP contribution in [0.2, 0.25) is 0 Å². The van der Waals surface area contributed by atoms with Crippen molar-refractivity contribution in [2.24, 2.45) is 0 Å². The largest absolute Gasteiger partial charge is 2.00 e. The van der Waals surface area contributed by atoms with E-state index in [1.165, 1.54) is 231 Å². The van der Waals surface area contributed by atoms with Crippen molar-refractivity contribution in [3.05, 3.63) is 108 Å². The van der Waals surface area contributed by atoms with E-state index in [2.05, 4.69) is 27.7 Å². The summed E-state index contributed by atoms with van der Waals surface area (Å²) in [5.74, 6) is -3.53. The van der Waals surface area contributed by atoms with E-state index in [0.717, 1.165) is 113 Å². The minimum atomic E-state index is -4.83. The second kappa shape index (κ2) is 58.2. The number of ether oxygens (including phenoxy) is 4. The molecule has 0 aliphatic heterocycles. The van der Waals surface area contributed by atoms with Crippen molar-refractivity contribution in [1.29, 1.82) is 0 Å². The average Bonchev–Trinajstić information content (AvgIpc) is 3.12. The van der Waals surface area contributed by atoms with Crippen LogP contribution < -0.4 is 0 Å². The quantitative estimate of drug-likeness (QED) is 0.0150. The fraction of sp³-hybridized carbons (Fsp3) is 0.667. The van der Waals surface area contributed by atoms with Gasteiger partial charge in [0.1, 0.15) is 20.2 Å². The Kier molecular flexibility index (Phi) is 55.8. The van der Waals surface area contributed by atoms with Gasteiger partial charge < -0.3 is 28.1 Å². The molecule has 0 fully saturated rings. The summed E-state index contributed by atoms with van der Waals surface area (Å²) in [5, 5.41) is 0. The summed E-state index contributed by atoms with van der Waals surface area (Å²) in [7, 11) is -9.67. The molecule has 14 nitrogen and oxygen atoms in total. The van der Waals surface area contributed by atoms with Crippen LogP contribution in [-0.4, -0.2) is 87.6 Å². The van der Waals surface area contributed by atoms with Gasteiger partial charge in [0.25, 0.3) is 0 Å². The summed E-state index contributed by atoms with van der Waals surface area (Å²) >= 11 is 0. The van der Waals surface area contributed by atoms with Crippen LogP contribution >= 0.6 is 0 Å². The van der Waals surface area contributed by atoms with Crippen LogP contribution in [0.1, 0.15) is 352 Å². The van der Waals surface area contributed by atoms with E-state index < -0.39 is 53.9 Å². The second-order valence-corrected chi connectivity index (χ2v) is 26.1. The van der Waals surface area contributed by atoms with E-state index in [1.807, 2.05) is 0 Å². The normalized spacial score (nSPS) is 11.8. The van der Waals surface area contributed by atoms with Crippen molar-refractivity contribution < 1.29 is 64.1 Å². The summed E-state index contributed by atoms with van der Waals surface area (Å²) in [6.07, 6.45) is 64.4. The van der Waals surface area contributed by atoms with Gasteiger partial charge in [0, 0.05) is 0 Å². The van der Waals surface area contributed by atoms with Gasteiger partial charge in [-0.3, -0.25) is 0 Å². The fourth-order valence-electron chi connectivity index (χ4n) is 10.0. The molecule has 0 radical (unpaired) electrons. The molecule has 0 N–H and O–H groups in total. The molecule has 89 heavy (non-hydrogen) atoms. The summed E-state index contributed by atoms with van der Waals surface area (Å²) in [6, 6.07) is 5.92. The Bertz CT molecular complexity index is 2330. The van der Waals surface area contributed by atoms with Gasteiger partial charge in [-0.1, -0.05) is 259 Å². The Morgan fingerprint density at radius 2 is 0.483 bits per heavy atom. The molecule has 0 aromatic heterocycles. The fourth-order valence-corrected chi connectivity index (χ4v) is 11.0. The van der Waals surface area contributed by atoms with Crippen molar-refractivity contribution >= 4 is 81.9 Å². The van der Waals surface area contributed by atoms with Gasteiger partial charge in [-0.2, -0.15) is 0 Å². The minimum absolute atomic E-state index is 0. The molecular formula is C72H114CaO14S2. The predicted octanol–water partition coefficient (Wildman–Crippen LogP) is 20.7. The van der Waals surface area contributed by atoms with Gasteiger partial charge in [0.2, 0.25) is 0 Å². The van der Waals surface area contributed by atoms with Crippen LogP contribution in [0.25, 0.3) is 0 Å². The van der Waals surface area contributed by atoms with E-state index in [1.54, 1.807) is 24.3 Å². The maximum atomic E-state index is 12.7. The molecular weight excluding hydrogens is 1190 g/mol. The molecule has 0 saturated heterocycles. The number of hydrogen-bond donors (Lipinski definition) is 0. The van der Waals surface area contributed by atoms with E-state index >= 15 is 0 Å².